The molecule has 0 saturated heterocycles. The molecule has 0 spiro atoms. The van der Waals surface area contributed by atoms with E-state index in [-0.39, 0.29) is 11.9 Å². The summed E-state index contributed by atoms with van der Waals surface area (Å²) in [4.78, 5) is 12.8. The minimum atomic E-state index is -0.163. The Balaban J connectivity index is 2.28. The van der Waals surface area contributed by atoms with Crippen LogP contribution in [0.5, 0.6) is 0 Å². The van der Waals surface area contributed by atoms with Gasteiger partial charge in [0.15, 0.2) is 0 Å². The Kier molecular flexibility index (Phi) is 4.86. The molecule has 0 radical (unpaired) electrons. The molecule has 1 amide bonds. The zero-order chi connectivity index (χ0) is 14.7. The highest BCUT2D eigenvalue weighted by atomic mass is 35.5. The quantitative estimate of drug-likeness (QED) is 0.890. The average Bonchev–Trinajstić information content (AvgIpc) is 2.74. The van der Waals surface area contributed by atoms with Crippen LogP contribution in [0.25, 0.3) is 10.1 Å². The van der Waals surface area contributed by atoms with Gasteiger partial charge in [-0.15, -0.1) is 11.3 Å². The summed E-state index contributed by atoms with van der Waals surface area (Å²) >= 11 is 7.31. The van der Waals surface area contributed by atoms with Gasteiger partial charge in [-0.1, -0.05) is 18.5 Å². The van der Waals surface area contributed by atoms with Crippen LogP contribution in [0.4, 0.5) is 5.69 Å². The maximum Gasteiger partial charge on any atom is 0.263 e. The van der Waals surface area contributed by atoms with E-state index in [2.05, 4.69) is 5.32 Å². The van der Waals surface area contributed by atoms with Crippen molar-refractivity contribution in [2.75, 3.05) is 19.5 Å². The number of carbonyl (C=O) groups is 1. The molecular weight excluding hydrogens is 296 g/mol. The molecule has 0 aliphatic carbocycles. The van der Waals surface area contributed by atoms with E-state index in [4.69, 9.17) is 22.1 Å². The second kappa shape index (κ2) is 6.43. The van der Waals surface area contributed by atoms with Crippen LogP contribution in [0.3, 0.4) is 0 Å². The molecule has 0 fully saturated rings. The molecule has 2 aromatic rings. The number of nitrogens with two attached hydrogens (primary N) is 1. The predicted molar refractivity (Wildman–Crippen MR) is 84.7 cm³/mol. The summed E-state index contributed by atoms with van der Waals surface area (Å²) in [6.45, 7) is 2.48. The van der Waals surface area contributed by atoms with Crippen LogP contribution in [-0.2, 0) is 4.74 Å². The first kappa shape index (κ1) is 15.1. The third-order valence-electron chi connectivity index (χ3n) is 3.09. The molecule has 0 aliphatic heterocycles. The number of hydrogen-bond donors (Lipinski definition) is 2. The van der Waals surface area contributed by atoms with Gasteiger partial charge in [0.05, 0.1) is 18.3 Å². The number of amides is 1. The highest BCUT2D eigenvalue weighted by Crippen LogP contribution is 2.35. The van der Waals surface area contributed by atoms with Gasteiger partial charge in [-0.05, 0) is 24.6 Å². The maximum atomic E-state index is 12.3. The zero-order valence-electron chi connectivity index (χ0n) is 11.4. The molecule has 108 valence electrons. The highest BCUT2D eigenvalue weighted by molar-refractivity contribution is 7.21. The van der Waals surface area contributed by atoms with Crippen LogP contribution >= 0.6 is 22.9 Å². The van der Waals surface area contributed by atoms with Gasteiger partial charge in [-0.25, -0.2) is 0 Å². The Morgan fingerprint density at radius 1 is 1.55 bits per heavy atom. The van der Waals surface area contributed by atoms with Crippen molar-refractivity contribution in [2.24, 2.45) is 0 Å². The summed E-state index contributed by atoms with van der Waals surface area (Å²) in [6, 6.07) is 5.42. The molecule has 20 heavy (non-hydrogen) atoms. The average molecular weight is 313 g/mol. The number of nitrogen functional groups attached to an aromatic ring is 1. The van der Waals surface area contributed by atoms with Crippen molar-refractivity contribution >= 4 is 44.6 Å². The van der Waals surface area contributed by atoms with Crippen molar-refractivity contribution in [1.29, 1.82) is 0 Å². The number of ether oxygens (including phenoxy) is 1. The summed E-state index contributed by atoms with van der Waals surface area (Å²) in [5, 5.41) is 4.43. The van der Waals surface area contributed by atoms with Crippen LogP contribution < -0.4 is 11.1 Å². The fourth-order valence-corrected chi connectivity index (χ4v) is 3.27. The van der Waals surface area contributed by atoms with Crippen LogP contribution in [0, 0.1) is 0 Å². The topological polar surface area (TPSA) is 64.3 Å². The first-order valence-corrected chi connectivity index (χ1v) is 7.53. The summed E-state index contributed by atoms with van der Waals surface area (Å²) in [5.41, 5.74) is 6.56. The monoisotopic (exact) mass is 312 g/mol. The highest BCUT2D eigenvalue weighted by Gasteiger charge is 2.19. The lowest BCUT2D eigenvalue weighted by Crippen LogP contribution is -2.37. The number of nitrogens with one attached hydrogen (secondary N) is 1. The summed E-state index contributed by atoms with van der Waals surface area (Å²) < 4.78 is 5.99. The van der Waals surface area contributed by atoms with E-state index in [1.54, 1.807) is 13.2 Å². The molecule has 4 nitrogen and oxygen atoms in total. The zero-order valence-corrected chi connectivity index (χ0v) is 13.0. The largest absolute Gasteiger partial charge is 0.397 e. The minimum absolute atomic E-state index is 0.0132. The van der Waals surface area contributed by atoms with Gasteiger partial charge in [-0.3, -0.25) is 4.79 Å². The smallest absolute Gasteiger partial charge is 0.263 e. The molecule has 0 aliphatic rings. The van der Waals surface area contributed by atoms with Crippen LogP contribution in [0.2, 0.25) is 5.02 Å². The first-order chi connectivity index (χ1) is 9.56. The number of halogens is 1. The molecule has 1 heterocycles. The van der Waals surface area contributed by atoms with Crippen LogP contribution in [0.15, 0.2) is 18.2 Å². The predicted octanol–water partition coefficient (Wildman–Crippen LogP) is 3.29. The Morgan fingerprint density at radius 2 is 2.30 bits per heavy atom. The molecule has 0 bridgehead atoms. The number of benzene rings is 1. The van der Waals surface area contributed by atoms with E-state index in [1.807, 2.05) is 19.1 Å². The number of hydrogen-bond acceptors (Lipinski definition) is 4. The Hall–Kier alpha value is -1.30. The minimum Gasteiger partial charge on any atom is -0.397 e. The Labute approximate surface area is 126 Å². The van der Waals surface area contributed by atoms with Crippen molar-refractivity contribution < 1.29 is 9.53 Å². The van der Waals surface area contributed by atoms with Gasteiger partial charge in [0.1, 0.15) is 4.88 Å². The number of thiophene rings is 1. The van der Waals surface area contributed by atoms with E-state index < -0.39 is 0 Å². The number of rotatable bonds is 5. The Bertz CT molecular complexity index is 627. The third-order valence-corrected chi connectivity index (χ3v) is 4.49. The molecular formula is C14H17ClN2O2S. The third kappa shape index (κ3) is 3.06. The van der Waals surface area contributed by atoms with Gasteiger partial charge < -0.3 is 15.8 Å². The van der Waals surface area contributed by atoms with E-state index in [1.165, 1.54) is 11.3 Å². The van der Waals surface area contributed by atoms with Crippen molar-refractivity contribution in [1.82, 2.24) is 5.32 Å². The number of anilines is 1. The van der Waals surface area contributed by atoms with E-state index in [9.17, 15) is 4.79 Å². The summed E-state index contributed by atoms with van der Waals surface area (Å²) in [6.07, 6.45) is 0.802. The summed E-state index contributed by atoms with van der Waals surface area (Å²) in [7, 11) is 1.62. The lowest BCUT2D eigenvalue weighted by atomic mass is 10.2. The van der Waals surface area contributed by atoms with Gasteiger partial charge in [0, 0.05) is 22.2 Å². The van der Waals surface area contributed by atoms with Crippen molar-refractivity contribution in [3.05, 3.63) is 28.1 Å². The second-order valence-electron chi connectivity index (χ2n) is 4.52. The number of carbonyl (C=O) groups excluding carboxylic acids is 1. The molecule has 1 atom stereocenters. The lowest BCUT2D eigenvalue weighted by Gasteiger charge is -2.15. The maximum absolute atomic E-state index is 12.3. The van der Waals surface area contributed by atoms with Crippen LogP contribution in [-0.4, -0.2) is 25.7 Å². The SMILES string of the molecule is CCC(COC)NC(=O)c1sc2cc(Cl)ccc2c1N. The van der Waals surface area contributed by atoms with Crippen molar-refractivity contribution in [3.63, 3.8) is 0 Å². The first-order valence-electron chi connectivity index (χ1n) is 6.34. The number of methoxy groups -OCH3 is 1. The molecule has 2 rings (SSSR count). The Morgan fingerprint density at radius 3 is 2.95 bits per heavy atom. The lowest BCUT2D eigenvalue weighted by molar-refractivity contribution is 0.0899. The molecule has 1 aromatic carbocycles. The van der Waals surface area contributed by atoms with Gasteiger partial charge in [0.2, 0.25) is 0 Å². The van der Waals surface area contributed by atoms with Crippen LogP contribution in [0.1, 0.15) is 23.0 Å². The standard InChI is InChI=1S/C14H17ClN2O2S/c1-3-9(7-19-2)17-14(18)13-12(16)10-5-4-8(15)6-11(10)20-13/h4-6,9H,3,7,16H2,1-2H3,(H,17,18). The fourth-order valence-electron chi connectivity index (χ4n) is 1.97. The van der Waals surface area contributed by atoms with E-state index >= 15 is 0 Å². The summed E-state index contributed by atoms with van der Waals surface area (Å²) in [5.74, 6) is -0.163. The van der Waals surface area contributed by atoms with E-state index in [0.717, 1.165) is 16.5 Å². The molecule has 3 N–H and O–H groups in total. The number of fused-ring (bicyclic) bond motifs is 1. The molecule has 6 heteroatoms. The normalized spacial score (nSPS) is 12.6. The fraction of sp³-hybridized carbons (Fsp3) is 0.357. The van der Waals surface area contributed by atoms with Crippen molar-refractivity contribution in [2.45, 2.75) is 19.4 Å². The van der Waals surface area contributed by atoms with Gasteiger partial charge in [0.25, 0.3) is 5.91 Å². The van der Waals surface area contributed by atoms with Crippen molar-refractivity contribution in [3.8, 4) is 0 Å². The molecule has 0 saturated carbocycles. The second-order valence-corrected chi connectivity index (χ2v) is 6.01. The molecule has 1 aromatic heterocycles. The van der Waals surface area contributed by atoms with E-state index in [0.29, 0.717) is 22.2 Å². The van der Waals surface area contributed by atoms with Gasteiger partial charge in [-0.2, -0.15) is 0 Å². The molecule has 1 unspecified atom stereocenters. The van der Waals surface area contributed by atoms with Gasteiger partial charge >= 0.3 is 0 Å².